The minimum absolute atomic E-state index is 0. The summed E-state index contributed by atoms with van der Waals surface area (Å²) in [7, 11) is 1.67. The zero-order valence-corrected chi connectivity index (χ0v) is 14.7. The summed E-state index contributed by atoms with van der Waals surface area (Å²) in [5, 5.41) is 7.82. The van der Waals surface area contributed by atoms with Crippen LogP contribution in [-0.2, 0) is 12.8 Å². The second-order valence-corrected chi connectivity index (χ2v) is 6.81. The van der Waals surface area contributed by atoms with Crippen LogP contribution in [0.2, 0.25) is 0 Å². The molecule has 0 saturated carbocycles. The third-order valence-corrected chi connectivity index (χ3v) is 5.07. The number of fused-ring (bicyclic) bond motifs is 2. The van der Waals surface area contributed by atoms with Crippen molar-refractivity contribution >= 4 is 12.4 Å². The van der Waals surface area contributed by atoms with Gasteiger partial charge >= 0.3 is 0 Å². The van der Waals surface area contributed by atoms with E-state index in [9.17, 15) is 0 Å². The molecule has 3 heterocycles. The molecule has 2 unspecified atom stereocenters. The maximum Gasteiger partial charge on any atom is 0.226 e. The van der Waals surface area contributed by atoms with Gasteiger partial charge in [-0.2, -0.15) is 4.98 Å². The lowest BCUT2D eigenvalue weighted by Crippen LogP contribution is -2.38. The summed E-state index contributed by atoms with van der Waals surface area (Å²) < 4.78 is 10.6. The van der Waals surface area contributed by atoms with Gasteiger partial charge < -0.3 is 14.6 Å². The smallest absolute Gasteiger partial charge is 0.226 e. The number of methoxy groups -OCH3 is 1. The van der Waals surface area contributed by atoms with E-state index in [-0.39, 0.29) is 12.4 Å². The Hall–Kier alpha value is -1.59. The van der Waals surface area contributed by atoms with E-state index in [0.717, 1.165) is 29.4 Å². The first-order chi connectivity index (χ1) is 11.3. The van der Waals surface area contributed by atoms with Gasteiger partial charge in [-0.05, 0) is 49.3 Å². The van der Waals surface area contributed by atoms with Crippen LogP contribution in [0, 0.1) is 5.92 Å². The van der Waals surface area contributed by atoms with Crippen molar-refractivity contribution < 1.29 is 9.26 Å². The van der Waals surface area contributed by atoms with Crippen LogP contribution >= 0.6 is 12.4 Å². The van der Waals surface area contributed by atoms with Crippen LogP contribution < -0.4 is 10.1 Å². The highest BCUT2D eigenvalue weighted by Gasteiger charge is 2.34. The summed E-state index contributed by atoms with van der Waals surface area (Å²) in [5.41, 5.74) is 1.16. The van der Waals surface area contributed by atoms with E-state index in [1.807, 2.05) is 24.3 Å². The van der Waals surface area contributed by atoms with Crippen LogP contribution in [-0.4, -0.2) is 29.3 Å². The SMILES string of the molecule is COc1ccc(Cc2noc(CC3CC4CCC(C3)N4)n2)cc1.Cl. The molecule has 0 spiro atoms. The van der Waals surface area contributed by atoms with Crippen LogP contribution in [0.25, 0.3) is 0 Å². The highest BCUT2D eigenvalue weighted by atomic mass is 35.5. The lowest BCUT2D eigenvalue weighted by atomic mass is 9.90. The van der Waals surface area contributed by atoms with Gasteiger partial charge in [0.25, 0.3) is 0 Å². The molecule has 24 heavy (non-hydrogen) atoms. The number of benzene rings is 1. The summed E-state index contributed by atoms with van der Waals surface area (Å²) in [6.07, 6.45) is 6.76. The Morgan fingerprint density at radius 3 is 2.54 bits per heavy atom. The van der Waals surface area contributed by atoms with E-state index in [4.69, 9.17) is 9.26 Å². The number of ether oxygens (including phenoxy) is 1. The van der Waals surface area contributed by atoms with Crippen molar-refractivity contribution in [2.75, 3.05) is 7.11 Å². The molecule has 2 fully saturated rings. The molecule has 0 aliphatic carbocycles. The molecule has 1 aromatic carbocycles. The molecule has 2 saturated heterocycles. The first-order valence-corrected chi connectivity index (χ1v) is 8.49. The van der Waals surface area contributed by atoms with Gasteiger partial charge in [0.2, 0.25) is 5.89 Å². The predicted molar refractivity (Wildman–Crippen MR) is 93.7 cm³/mol. The molecule has 1 aromatic heterocycles. The van der Waals surface area contributed by atoms with Crippen molar-refractivity contribution in [3.63, 3.8) is 0 Å². The fourth-order valence-electron chi connectivity index (χ4n) is 3.96. The van der Waals surface area contributed by atoms with E-state index in [0.29, 0.717) is 24.4 Å². The first-order valence-electron chi connectivity index (χ1n) is 8.49. The van der Waals surface area contributed by atoms with Crippen molar-refractivity contribution in [3.05, 3.63) is 41.5 Å². The van der Waals surface area contributed by atoms with Gasteiger partial charge in [0.1, 0.15) is 5.75 Å². The number of nitrogens with zero attached hydrogens (tertiary/aromatic N) is 2. The second kappa shape index (κ2) is 7.53. The van der Waals surface area contributed by atoms with Crippen molar-refractivity contribution in [2.45, 2.75) is 50.6 Å². The minimum Gasteiger partial charge on any atom is -0.497 e. The highest BCUT2D eigenvalue weighted by Crippen LogP contribution is 2.32. The number of piperidine rings is 1. The number of hydrogen-bond donors (Lipinski definition) is 1. The summed E-state index contributed by atoms with van der Waals surface area (Å²) in [6, 6.07) is 9.42. The van der Waals surface area contributed by atoms with Gasteiger partial charge in [0, 0.05) is 24.9 Å². The maximum absolute atomic E-state index is 5.47. The van der Waals surface area contributed by atoms with Crippen LogP contribution in [0.15, 0.2) is 28.8 Å². The van der Waals surface area contributed by atoms with Crippen molar-refractivity contribution in [1.29, 1.82) is 0 Å². The molecule has 2 aliphatic rings. The Balaban J connectivity index is 0.00000169. The van der Waals surface area contributed by atoms with Gasteiger partial charge in [-0.25, -0.2) is 0 Å². The normalized spacial score (nSPS) is 25.3. The monoisotopic (exact) mass is 349 g/mol. The molecule has 2 aromatic rings. The lowest BCUT2D eigenvalue weighted by molar-refractivity contribution is 0.270. The fourth-order valence-corrected chi connectivity index (χ4v) is 3.96. The number of rotatable bonds is 5. The molecule has 0 radical (unpaired) electrons. The molecule has 130 valence electrons. The average molecular weight is 350 g/mol. The summed E-state index contributed by atoms with van der Waals surface area (Å²) in [6.45, 7) is 0. The molecule has 2 bridgehead atoms. The van der Waals surface area contributed by atoms with Crippen molar-refractivity contribution in [3.8, 4) is 5.75 Å². The second-order valence-electron chi connectivity index (χ2n) is 6.81. The third-order valence-electron chi connectivity index (χ3n) is 5.07. The Morgan fingerprint density at radius 2 is 1.88 bits per heavy atom. The molecular formula is C18H24ClN3O2. The summed E-state index contributed by atoms with van der Waals surface area (Å²) in [4.78, 5) is 4.58. The molecule has 5 nitrogen and oxygen atoms in total. The molecule has 0 amide bonds. The number of aromatic nitrogens is 2. The topological polar surface area (TPSA) is 60.2 Å². The molecule has 2 aliphatic heterocycles. The van der Waals surface area contributed by atoms with E-state index in [1.54, 1.807) is 7.11 Å². The van der Waals surface area contributed by atoms with Gasteiger partial charge in [-0.15, -0.1) is 12.4 Å². The van der Waals surface area contributed by atoms with Gasteiger partial charge in [0.15, 0.2) is 5.82 Å². The predicted octanol–water partition coefficient (Wildman–Crippen LogP) is 3.16. The zero-order chi connectivity index (χ0) is 15.6. The van der Waals surface area contributed by atoms with Crippen LogP contribution in [0.4, 0.5) is 0 Å². The van der Waals surface area contributed by atoms with Crippen molar-refractivity contribution in [2.24, 2.45) is 5.92 Å². The van der Waals surface area contributed by atoms with Crippen LogP contribution in [0.1, 0.15) is 43.0 Å². The maximum atomic E-state index is 5.47. The lowest BCUT2D eigenvalue weighted by Gasteiger charge is -2.28. The molecular weight excluding hydrogens is 326 g/mol. The Morgan fingerprint density at radius 1 is 1.17 bits per heavy atom. The minimum atomic E-state index is 0. The molecule has 4 rings (SSSR count). The molecule has 2 atom stereocenters. The summed E-state index contributed by atoms with van der Waals surface area (Å²) in [5.74, 6) is 3.10. The van der Waals surface area contributed by atoms with Crippen LogP contribution in [0.5, 0.6) is 5.75 Å². The average Bonchev–Trinajstić information content (AvgIpc) is 3.14. The largest absolute Gasteiger partial charge is 0.497 e. The van der Waals surface area contributed by atoms with Gasteiger partial charge in [0.05, 0.1) is 7.11 Å². The number of hydrogen-bond acceptors (Lipinski definition) is 5. The van der Waals surface area contributed by atoms with Gasteiger partial charge in [-0.1, -0.05) is 17.3 Å². The van der Waals surface area contributed by atoms with E-state index in [2.05, 4.69) is 15.5 Å². The molecule has 6 heteroatoms. The van der Waals surface area contributed by atoms with E-state index in [1.165, 1.54) is 25.7 Å². The summed E-state index contributed by atoms with van der Waals surface area (Å²) >= 11 is 0. The Kier molecular flexibility index (Phi) is 5.41. The molecule has 1 N–H and O–H groups in total. The number of halogens is 1. The Labute approximate surface area is 148 Å². The Bertz CT molecular complexity index is 647. The van der Waals surface area contributed by atoms with Crippen LogP contribution in [0.3, 0.4) is 0 Å². The van der Waals surface area contributed by atoms with E-state index < -0.39 is 0 Å². The highest BCUT2D eigenvalue weighted by molar-refractivity contribution is 5.85. The third kappa shape index (κ3) is 3.90. The van der Waals surface area contributed by atoms with Gasteiger partial charge in [-0.3, -0.25) is 0 Å². The first kappa shape index (κ1) is 17.2. The fraction of sp³-hybridized carbons (Fsp3) is 0.556. The van der Waals surface area contributed by atoms with E-state index >= 15 is 0 Å². The zero-order valence-electron chi connectivity index (χ0n) is 13.9. The standard InChI is InChI=1S/C18H23N3O2.ClH/c1-22-16-6-2-12(3-7-16)10-17-20-18(23-21-17)11-13-8-14-4-5-15(9-13)19-14;/h2-3,6-7,13-15,19H,4-5,8-11H2,1H3;1H. The van der Waals surface area contributed by atoms with Crippen molar-refractivity contribution in [1.82, 2.24) is 15.5 Å². The quantitative estimate of drug-likeness (QED) is 0.898. The number of nitrogens with one attached hydrogen (secondary N) is 1.